The zero-order valence-corrected chi connectivity index (χ0v) is 26.2. The molecular weight excluding hydrogens is 570 g/mol. The lowest BCUT2D eigenvalue weighted by atomic mass is 10.00. The molecule has 0 spiro atoms. The van der Waals surface area contributed by atoms with E-state index in [9.17, 15) is 24.0 Å². The molecule has 0 radical (unpaired) electrons. The number of fused-ring (bicyclic) bond motifs is 1. The third kappa shape index (κ3) is 10.5. The van der Waals surface area contributed by atoms with Crippen LogP contribution in [0.3, 0.4) is 0 Å². The number of primary amides is 1. The first-order chi connectivity index (χ1) is 20.4. The Morgan fingerprint density at radius 3 is 2.28 bits per heavy atom. The fourth-order valence-corrected chi connectivity index (χ4v) is 6.45. The maximum absolute atomic E-state index is 14.0. The number of carbonyl (C=O) groups is 5. The SMILES string of the molecule is CC(C)(C)NC(=O)[C@@H]1[C@H](CSc2ccccc2)NC(=O)[C@H](CCC(N)=O)NC(=O)[C@H](CCCCN)NC(=O)[C@@H]2CCCN12. The van der Waals surface area contributed by atoms with E-state index in [2.05, 4.69) is 21.3 Å². The highest BCUT2D eigenvalue weighted by Gasteiger charge is 2.45. The van der Waals surface area contributed by atoms with Crippen molar-refractivity contribution in [1.29, 1.82) is 0 Å². The summed E-state index contributed by atoms with van der Waals surface area (Å²) < 4.78 is 0. The Balaban J connectivity index is 2.05. The van der Waals surface area contributed by atoms with Gasteiger partial charge in [0.1, 0.15) is 18.1 Å². The zero-order chi connectivity index (χ0) is 31.6. The maximum atomic E-state index is 14.0. The topological polar surface area (TPSA) is 189 Å². The van der Waals surface area contributed by atoms with Gasteiger partial charge in [0.2, 0.25) is 29.5 Å². The van der Waals surface area contributed by atoms with Gasteiger partial charge in [-0.1, -0.05) is 18.2 Å². The summed E-state index contributed by atoms with van der Waals surface area (Å²) in [5.74, 6) is -1.97. The number of thioether (sulfide) groups is 1. The normalized spacial score (nSPS) is 25.4. The van der Waals surface area contributed by atoms with Crippen molar-refractivity contribution in [2.45, 2.75) is 106 Å². The van der Waals surface area contributed by atoms with Crippen molar-refractivity contribution in [3.8, 4) is 0 Å². The largest absolute Gasteiger partial charge is 0.370 e. The van der Waals surface area contributed by atoms with E-state index in [0.717, 1.165) is 4.90 Å². The number of carbonyl (C=O) groups excluding carboxylic acids is 5. The third-order valence-corrected chi connectivity index (χ3v) is 8.63. The minimum absolute atomic E-state index is 0.0277. The number of benzene rings is 1. The van der Waals surface area contributed by atoms with Crippen LogP contribution in [-0.4, -0.2) is 89.0 Å². The van der Waals surface area contributed by atoms with Gasteiger partial charge in [-0.3, -0.25) is 28.9 Å². The minimum Gasteiger partial charge on any atom is -0.370 e. The third-order valence-electron chi connectivity index (χ3n) is 7.49. The molecule has 238 valence electrons. The van der Waals surface area contributed by atoms with E-state index >= 15 is 0 Å². The number of amides is 5. The lowest BCUT2D eigenvalue weighted by Gasteiger charge is -2.39. The van der Waals surface area contributed by atoms with E-state index < -0.39 is 53.5 Å². The van der Waals surface area contributed by atoms with E-state index in [1.54, 1.807) is 0 Å². The molecule has 0 saturated carbocycles. The number of rotatable bonds is 11. The molecular formula is C30H47N7O5S. The number of nitrogens with zero attached hydrogens (tertiary/aromatic N) is 1. The van der Waals surface area contributed by atoms with Crippen molar-refractivity contribution in [3.63, 3.8) is 0 Å². The smallest absolute Gasteiger partial charge is 0.243 e. The van der Waals surface area contributed by atoms with Gasteiger partial charge in [-0.25, -0.2) is 0 Å². The zero-order valence-electron chi connectivity index (χ0n) is 25.4. The van der Waals surface area contributed by atoms with Gasteiger partial charge in [-0.2, -0.15) is 0 Å². The van der Waals surface area contributed by atoms with Gasteiger partial charge < -0.3 is 32.7 Å². The summed E-state index contributed by atoms with van der Waals surface area (Å²) in [6.07, 6.45) is 2.61. The molecule has 2 aliphatic rings. The average molecular weight is 618 g/mol. The quantitative estimate of drug-likeness (QED) is 0.152. The van der Waals surface area contributed by atoms with Gasteiger partial charge in [0.25, 0.3) is 0 Å². The first kappa shape index (κ1) is 34.3. The average Bonchev–Trinajstić information content (AvgIpc) is 3.41. The molecule has 12 nitrogen and oxygen atoms in total. The van der Waals surface area contributed by atoms with Gasteiger partial charge >= 0.3 is 0 Å². The summed E-state index contributed by atoms with van der Waals surface area (Å²) in [6, 6.07) is 5.34. The van der Waals surface area contributed by atoms with Crippen LogP contribution >= 0.6 is 11.8 Å². The summed E-state index contributed by atoms with van der Waals surface area (Å²) in [7, 11) is 0. The Labute approximate surface area is 258 Å². The fourth-order valence-electron chi connectivity index (χ4n) is 5.47. The predicted molar refractivity (Wildman–Crippen MR) is 166 cm³/mol. The van der Waals surface area contributed by atoms with Crippen molar-refractivity contribution in [2.24, 2.45) is 11.5 Å². The molecule has 0 aliphatic carbocycles. The van der Waals surface area contributed by atoms with E-state index in [-0.39, 0.29) is 24.7 Å². The Morgan fingerprint density at radius 1 is 0.977 bits per heavy atom. The molecule has 3 rings (SSSR count). The number of hydrogen-bond acceptors (Lipinski definition) is 8. The summed E-state index contributed by atoms with van der Waals surface area (Å²) in [4.78, 5) is 69.5. The van der Waals surface area contributed by atoms with Crippen LogP contribution in [0.2, 0.25) is 0 Å². The second-order valence-electron chi connectivity index (χ2n) is 12.2. The first-order valence-corrected chi connectivity index (χ1v) is 16.0. The first-order valence-electron chi connectivity index (χ1n) is 15.0. The minimum atomic E-state index is -1.10. The van der Waals surface area contributed by atoms with Gasteiger partial charge in [-0.05, 0) is 84.5 Å². The van der Waals surface area contributed by atoms with Crippen LogP contribution in [0.4, 0.5) is 0 Å². The Bertz CT molecular complexity index is 1130. The molecule has 1 aromatic carbocycles. The summed E-state index contributed by atoms with van der Waals surface area (Å²) in [5, 5.41) is 11.7. The lowest BCUT2D eigenvalue weighted by molar-refractivity contribution is -0.138. The molecule has 5 atom stereocenters. The van der Waals surface area contributed by atoms with Gasteiger partial charge in [-0.15, -0.1) is 11.8 Å². The molecule has 2 heterocycles. The highest BCUT2D eigenvalue weighted by molar-refractivity contribution is 7.99. The fraction of sp³-hybridized carbons (Fsp3) is 0.633. The molecule has 43 heavy (non-hydrogen) atoms. The molecule has 0 unspecified atom stereocenters. The van der Waals surface area contributed by atoms with E-state index in [1.807, 2.05) is 56.0 Å². The number of hydrogen-bond donors (Lipinski definition) is 6. The van der Waals surface area contributed by atoms with Crippen LogP contribution in [0.1, 0.15) is 65.7 Å². The van der Waals surface area contributed by atoms with Gasteiger partial charge in [0, 0.05) is 22.6 Å². The monoisotopic (exact) mass is 617 g/mol. The number of nitrogens with two attached hydrogens (primary N) is 2. The number of unbranched alkanes of at least 4 members (excludes halogenated alkanes) is 1. The molecule has 0 aromatic heterocycles. The molecule has 1 aromatic rings. The Kier molecular flexibility index (Phi) is 12.8. The Hall–Kier alpha value is -3.16. The second kappa shape index (κ2) is 16.1. The van der Waals surface area contributed by atoms with Crippen molar-refractivity contribution in [3.05, 3.63) is 30.3 Å². The van der Waals surface area contributed by atoms with Gasteiger partial charge in [0.05, 0.1) is 12.1 Å². The van der Waals surface area contributed by atoms with E-state index in [0.29, 0.717) is 50.9 Å². The number of nitrogens with one attached hydrogen (secondary N) is 4. The van der Waals surface area contributed by atoms with Crippen molar-refractivity contribution in [1.82, 2.24) is 26.2 Å². The van der Waals surface area contributed by atoms with Crippen molar-refractivity contribution < 1.29 is 24.0 Å². The highest BCUT2D eigenvalue weighted by atomic mass is 32.2. The van der Waals surface area contributed by atoms with E-state index in [1.165, 1.54) is 11.8 Å². The second-order valence-corrected chi connectivity index (χ2v) is 13.3. The van der Waals surface area contributed by atoms with E-state index in [4.69, 9.17) is 11.5 Å². The van der Waals surface area contributed by atoms with Crippen LogP contribution in [0.25, 0.3) is 0 Å². The Morgan fingerprint density at radius 2 is 1.63 bits per heavy atom. The van der Waals surface area contributed by atoms with Crippen LogP contribution < -0.4 is 32.7 Å². The standard InChI is InChI=1S/C30H47N7O5S/c1-30(2,3)36-29(42)25-22(18-43-19-10-5-4-6-11-19)35-27(40)21(14-15-24(32)38)33-26(39)20(12-7-8-16-31)34-28(41)23-13-9-17-37(23)25/h4-6,10-11,20-23,25H,7-9,12-18,31H2,1-3H3,(H2,32,38)(H,33,39)(H,34,41)(H,35,40)(H,36,42)/t20-,21-,22-,23-,25-/m0/s1. The molecule has 5 amide bonds. The van der Waals surface area contributed by atoms with Gasteiger partial charge in [0.15, 0.2) is 0 Å². The molecule has 13 heteroatoms. The molecule has 2 aliphatic heterocycles. The summed E-state index contributed by atoms with van der Waals surface area (Å²) in [5.41, 5.74) is 10.5. The molecule has 2 saturated heterocycles. The molecule has 2 fully saturated rings. The summed E-state index contributed by atoms with van der Waals surface area (Å²) >= 11 is 1.48. The predicted octanol–water partition coefficient (Wildman–Crippen LogP) is 0.389. The molecule has 0 bridgehead atoms. The summed E-state index contributed by atoms with van der Waals surface area (Å²) in [6.45, 7) is 6.54. The lowest BCUT2D eigenvalue weighted by Crippen LogP contribution is -2.67. The highest BCUT2D eigenvalue weighted by Crippen LogP contribution is 2.27. The van der Waals surface area contributed by atoms with Crippen LogP contribution in [0.5, 0.6) is 0 Å². The maximum Gasteiger partial charge on any atom is 0.243 e. The van der Waals surface area contributed by atoms with Crippen LogP contribution in [0.15, 0.2) is 35.2 Å². The van der Waals surface area contributed by atoms with Crippen molar-refractivity contribution in [2.75, 3.05) is 18.8 Å². The van der Waals surface area contributed by atoms with Crippen LogP contribution in [-0.2, 0) is 24.0 Å². The van der Waals surface area contributed by atoms with Crippen molar-refractivity contribution >= 4 is 41.3 Å². The molecule has 8 N–H and O–H groups in total. The van der Waals surface area contributed by atoms with Crippen LogP contribution in [0, 0.1) is 0 Å².